The monoisotopic (exact) mass is 578 g/mol. The van der Waals surface area contributed by atoms with Crippen LogP contribution in [0.3, 0.4) is 0 Å². The lowest BCUT2D eigenvalue weighted by Gasteiger charge is -2.29. The van der Waals surface area contributed by atoms with Crippen molar-refractivity contribution in [2.45, 2.75) is 60.7 Å². The average Bonchev–Trinajstić information content (AvgIpc) is 3.62. The normalized spacial score (nSPS) is 24.4. The summed E-state index contributed by atoms with van der Waals surface area (Å²) in [6.07, 6.45) is -0.631. The molecule has 3 aliphatic rings. The molecule has 9 nitrogen and oxygen atoms in total. The minimum absolute atomic E-state index is 0.0202. The highest BCUT2D eigenvalue weighted by Gasteiger charge is 2.57. The van der Waals surface area contributed by atoms with Crippen LogP contribution in [0.2, 0.25) is 0 Å². The Kier molecular flexibility index (Phi) is 8.53. The van der Waals surface area contributed by atoms with E-state index in [-0.39, 0.29) is 17.9 Å². The van der Waals surface area contributed by atoms with Crippen molar-refractivity contribution in [1.29, 1.82) is 5.26 Å². The third kappa shape index (κ3) is 6.46. The van der Waals surface area contributed by atoms with Gasteiger partial charge < -0.3 is 15.7 Å². The first-order valence-electron chi connectivity index (χ1n) is 12.8. The molecule has 2 saturated heterocycles. The standard InChI is InChI=1S/C25H28N4O3S.C2HF3O2/c26-17-25(28-24(30)23-4-1-2-13-27-23)16-22(25)20-7-5-18(6-8-20)19-9-11-21(12-10-19)33(31,32)29-14-3-15-29;3-2(4,5)1(6)7/h5-12,22-23,27H,1-4,13-16H2,(H,28,30);(H,6,7)/t22-,23+,25+;/m1./s1. The Morgan fingerprint density at radius 1 is 1.02 bits per heavy atom. The van der Waals surface area contributed by atoms with Crippen molar-refractivity contribution in [2.24, 2.45) is 0 Å². The van der Waals surface area contributed by atoms with E-state index >= 15 is 0 Å². The number of nitrogens with zero attached hydrogens (tertiary/aromatic N) is 2. The van der Waals surface area contributed by atoms with Gasteiger partial charge in [-0.1, -0.05) is 42.8 Å². The number of carbonyl (C=O) groups excluding carboxylic acids is 1. The van der Waals surface area contributed by atoms with E-state index < -0.39 is 27.7 Å². The Hall–Kier alpha value is -3.47. The molecule has 3 atom stereocenters. The molecule has 5 rings (SSSR count). The van der Waals surface area contributed by atoms with Crippen molar-refractivity contribution in [3.05, 3.63) is 54.1 Å². The van der Waals surface area contributed by atoms with Crippen LogP contribution in [0.15, 0.2) is 53.4 Å². The highest BCUT2D eigenvalue weighted by molar-refractivity contribution is 7.89. The number of benzene rings is 2. The number of rotatable bonds is 6. The summed E-state index contributed by atoms with van der Waals surface area (Å²) in [5.41, 5.74) is 2.10. The minimum atomic E-state index is -5.08. The van der Waals surface area contributed by atoms with E-state index in [1.54, 1.807) is 12.1 Å². The van der Waals surface area contributed by atoms with Crippen LogP contribution in [-0.2, 0) is 19.6 Å². The van der Waals surface area contributed by atoms with Gasteiger partial charge >= 0.3 is 12.1 Å². The van der Waals surface area contributed by atoms with E-state index in [1.807, 2.05) is 36.4 Å². The van der Waals surface area contributed by atoms with Crippen LogP contribution < -0.4 is 10.6 Å². The lowest BCUT2D eigenvalue weighted by molar-refractivity contribution is -0.192. The van der Waals surface area contributed by atoms with E-state index in [2.05, 4.69) is 16.7 Å². The fraction of sp³-hybridized carbons (Fsp3) is 0.444. The number of carboxylic acids is 1. The molecule has 0 radical (unpaired) electrons. The molecule has 0 unspecified atom stereocenters. The highest BCUT2D eigenvalue weighted by atomic mass is 32.2. The van der Waals surface area contributed by atoms with Crippen molar-refractivity contribution in [3.63, 3.8) is 0 Å². The summed E-state index contributed by atoms with van der Waals surface area (Å²) in [7, 11) is -3.38. The maximum Gasteiger partial charge on any atom is 0.490 e. The third-order valence-electron chi connectivity index (χ3n) is 7.33. The molecule has 2 aromatic rings. The zero-order valence-electron chi connectivity index (χ0n) is 21.4. The average molecular weight is 579 g/mol. The van der Waals surface area contributed by atoms with Gasteiger partial charge in [0.25, 0.3) is 0 Å². The van der Waals surface area contributed by atoms with Gasteiger partial charge in [0.15, 0.2) is 0 Å². The summed E-state index contributed by atoms with van der Waals surface area (Å²) >= 11 is 0. The van der Waals surface area contributed by atoms with Gasteiger partial charge in [0.1, 0.15) is 5.54 Å². The van der Waals surface area contributed by atoms with E-state index in [4.69, 9.17) is 9.90 Å². The van der Waals surface area contributed by atoms with E-state index in [9.17, 15) is 31.6 Å². The van der Waals surface area contributed by atoms with Gasteiger partial charge in [-0.15, -0.1) is 0 Å². The molecular formula is C27H29F3N4O5S. The number of halogens is 3. The number of carbonyl (C=O) groups is 2. The van der Waals surface area contributed by atoms with Crippen LogP contribution in [-0.4, -0.2) is 67.1 Å². The summed E-state index contributed by atoms with van der Waals surface area (Å²) < 4.78 is 58.3. The lowest BCUT2D eigenvalue weighted by atomic mass is 10.00. The smallest absolute Gasteiger partial charge is 0.475 e. The third-order valence-corrected chi connectivity index (χ3v) is 9.24. The van der Waals surface area contributed by atoms with Crippen LogP contribution in [0, 0.1) is 11.3 Å². The maximum atomic E-state index is 12.6. The number of sulfonamides is 1. The van der Waals surface area contributed by atoms with Gasteiger partial charge in [-0.05, 0) is 61.1 Å². The Bertz CT molecular complexity index is 1380. The van der Waals surface area contributed by atoms with Crippen LogP contribution in [0.5, 0.6) is 0 Å². The van der Waals surface area contributed by atoms with E-state index in [0.29, 0.717) is 24.4 Å². The lowest BCUT2D eigenvalue weighted by Crippen LogP contribution is -2.50. The fourth-order valence-corrected chi connectivity index (χ4v) is 6.26. The molecule has 1 aliphatic carbocycles. The van der Waals surface area contributed by atoms with Gasteiger partial charge in [0.05, 0.1) is 17.0 Å². The molecule has 40 heavy (non-hydrogen) atoms. The largest absolute Gasteiger partial charge is 0.490 e. The second-order valence-corrected chi connectivity index (χ2v) is 12.0. The zero-order chi connectivity index (χ0) is 29.1. The number of piperidine rings is 1. The van der Waals surface area contributed by atoms with Crippen molar-refractivity contribution in [1.82, 2.24) is 14.9 Å². The molecule has 1 amide bonds. The summed E-state index contributed by atoms with van der Waals surface area (Å²) in [5.74, 6) is -2.86. The number of nitrogens with one attached hydrogen (secondary N) is 2. The number of hydrogen-bond donors (Lipinski definition) is 3. The first-order chi connectivity index (χ1) is 18.9. The highest BCUT2D eigenvalue weighted by Crippen LogP contribution is 2.51. The first-order valence-corrected chi connectivity index (χ1v) is 14.3. The van der Waals surface area contributed by atoms with Crippen LogP contribution >= 0.6 is 0 Å². The van der Waals surface area contributed by atoms with Crippen molar-refractivity contribution < 1.29 is 36.3 Å². The van der Waals surface area contributed by atoms with Crippen LogP contribution in [0.4, 0.5) is 13.2 Å². The van der Waals surface area contributed by atoms with E-state index in [0.717, 1.165) is 48.9 Å². The molecule has 3 fully saturated rings. The van der Waals surface area contributed by atoms with Gasteiger partial charge in [0.2, 0.25) is 15.9 Å². The topological polar surface area (TPSA) is 140 Å². The Morgan fingerprint density at radius 2 is 1.60 bits per heavy atom. The van der Waals surface area contributed by atoms with Crippen molar-refractivity contribution >= 4 is 21.9 Å². The molecule has 2 aromatic carbocycles. The Labute approximate surface area is 230 Å². The van der Waals surface area contributed by atoms with Crippen LogP contribution in [0.1, 0.15) is 43.6 Å². The fourth-order valence-electron chi connectivity index (χ4n) is 4.74. The maximum absolute atomic E-state index is 12.6. The predicted octanol–water partition coefficient (Wildman–Crippen LogP) is 3.39. The van der Waals surface area contributed by atoms with Crippen molar-refractivity contribution in [3.8, 4) is 17.2 Å². The number of hydrogen-bond acceptors (Lipinski definition) is 6. The van der Waals surface area contributed by atoms with Gasteiger partial charge in [-0.25, -0.2) is 13.2 Å². The second-order valence-electron chi connectivity index (χ2n) is 10.0. The molecule has 0 spiro atoms. The Morgan fingerprint density at radius 3 is 2.05 bits per heavy atom. The molecule has 3 N–H and O–H groups in total. The summed E-state index contributed by atoms with van der Waals surface area (Å²) in [6, 6.07) is 17.1. The van der Waals surface area contributed by atoms with E-state index in [1.165, 1.54) is 4.31 Å². The SMILES string of the molecule is N#C[C@@]1(NC(=O)[C@@H]2CCCCN2)C[C@@H]1c1ccc(-c2ccc(S(=O)(=O)N3CCC3)cc2)cc1.O=C(O)C(F)(F)F. The Balaban J connectivity index is 0.000000470. The first kappa shape index (κ1) is 29.5. The number of nitriles is 1. The summed E-state index contributed by atoms with van der Waals surface area (Å²) in [4.78, 5) is 21.8. The summed E-state index contributed by atoms with van der Waals surface area (Å²) in [6.45, 7) is 2.02. The number of carboxylic acid groups (broad SMARTS) is 1. The van der Waals surface area contributed by atoms with Gasteiger partial charge in [-0.3, -0.25) is 4.79 Å². The van der Waals surface area contributed by atoms with Gasteiger partial charge in [0, 0.05) is 19.0 Å². The molecule has 2 heterocycles. The number of aliphatic carboxylic acids is 1. The summed E-state index contributed by atoms with van der Waals surface area (Å²) in [5, 5.41) is 23.1. The molecule has 1 saturated carbocycles. The number of alkyl halides is 3. The molecule has 0 aromatic heterocycles. The zero-order valence-corrected chi connectivity index (χ0v) is 22.3. The van der Waals surface area contributed by atoms with Crippen molar-refractivity contribution in [2.75, 3.05) is 19.6 Å². The molecule has 0 bridgehead atoms. The molecular weight excluding hydrogens is 549 g/mol. The minimum Gasteiger partial charge on any atom is -0.475 e. The quantitative estimate of drug-likeness (QED) is 0.478. The molecule has 13 heteroatoms. The molecule has 2 aliphatic heterocycles. The second kappa shape index (κ2) is 11.6. The van der Waals surface area contributed by atoms with Gasteiger partial charge in [-0.2, -0.15) is 22.7 Å². The number of amides is 1. The van der Waals surface area contributed by atoms with Crippen LogP contribution in [0.25, 0.3) is 11.1 Å². The predicted molar refractivity (Wildman–Crippen MR) is 138 cm³/mol. The molecule has 214 valence electrons.